The normalized spacial score (nSPS) is 11.6. The zero-order valence-electron chi connectivity index (χ0n) is 23.6. The summed E-state index contributed by atoms with van der Waals surface area (Å²) >= 11 is 1.80. The van der Waals surface area contributed by atoms with Gasteiger partial charge >= 0.3 is 0 Å². The number of hydrogen-bond donors (Lipinski definition) is 0. The van der Waals surface area contributed by atoms with Gasteiger partial charge < -0.3 is 4.57 Å². The highest BCUT2D eigenvalue weighted by Crippen LogP contribution is 2.40. The van der Waals surface area contributed by atoms with Crippen molar-refractivity contribution >= 4 is 53.3 Å². The molecule has 0 atom stereocenters. The van der Waals surface area contributed by atoms with Gasteiger partial charge in [-0.15, -0.1) is 11.3 Å². The number of hydrogen-bond acceptors (Lipinski definition) is 4. The monoisotopic (exact) mass is 580 g/mol. The van der Waals surface area contributed by atoms with E-state index in [1.807, 2.05) is 18.2 Å². The lowest BCUT2D eigenvalue weighted by molar-refractivity contribution is 1.07. The molecule has 0 amide bonds. The summed E-state index contributed by atoms with van der Waals surface area (Å²) in [4.78, 5) is 15.1. The van der Waals surface area contributed by atoms with Crippen LogP contribution in [0, 0.1) is 0 Å². The van der Waals surface area contributed by atoms with Crippen LogP contribution in [0.15, 0.2) is 146 Å². The lowest BCUT2D eigenvalue weighted by Crippen LogP contribution is -2.01. The van der Waals surface area contributed by atoms with Crippen molar-refractivity contribution in [2.75, 3.05) is 0 Å². The lowest BCUT2D eigenvalue weighted by atomic mass is 10.1. The molecule has 0 bridgehead atoms. The van der Waals surface area contributed by atoms with Gasteiger partial charge in [0.15, 0.2) is 17.5 Å². The Labute approximate surface area is 257 Å². The zero-order valence-corrected chi connectivity index (χ0v) is 24.4. The van der Waals surface area contributed by atoms with E-state index in [1.165, 1.54) is 42.0 Å². The molecule has 3 heterocycles. The molecule has 4 nitrogen and oxygen atoms in total. The Kier molecular flexibility index (Phi) is 5.64. The van der Waals surface area contributed by atoms with E-state index in [0.717, 1.165) is 22.4 Å². The number of fused-ring (bicyclic) bond motifs is 6. The number of aromatic nitrogens is 4. The van der Waals surface area contributed by atoms with Gasteiger partial charge in [-0.25, -0.2) is 15.0 Å². The molecule has 0 aliphatic rings. The van der Waals surface area contributed by atoms with Crippen molar-refractivity contribution in [1.29, 1.82) is 0 Å². The Morgan fingerprint density at radius 2 is 0.955 bits per heavy atom. The second-order valence-electron chi connectivity index (χ2n) is 10.9. The van der Waals surface area contributed by atoms with Crippen LogP contribution in [0.5, 0.6) is 0 Å². The summed E-state index contributed by atoms with van der Waals surface area (Å²) in [5.74, 6) is 1.99. The number of thiophene rings is 1. The fraction of sp³-hybridized carbons (Fsp3) is 0. The van der Waals surface area contributed by atoms with Gasteiger partial charge in [-0.05, 0) is 48.5 Å². The summed E-state index contributed by atoms with van der Waals surface area (Å²) in [6.45, 7) is 0. The molecule has 6 aromatic carbocycles. The zero-order chi connectivity index (χ0) is 29.0. The van der Waals surface area contributed by atoms with Crippen molar-refractivity contribution in [3.8, 4) is 39.9 Å². The Balaban J connectivity index is 1.23. The van der Waals surface area contributed by atoms with Gasteiger partial charge in [0.2, 0.25) is 0 Å². The second kappa shape index (κ2) is 9.97. The van der Waals surface area contributed by atoms with Crippen molar-refractivity contribution in [3.63, 3.8) is 0 Å². The standard InChI is InChI=1S/C39H24N4S/c1-2-11-25(12-3-1)37-40-38(42-39(41-37)31-16-10-20-35-36(31)30-15-6-9-19-34(30)44-35)26-21-23-27(24-22-26)43-32-17-7-4-13-28(32)29-14-5-8-18-33(29)43/h1-24H. The van der Waals surface area contributed by atoms with E-state index in [-0.39, 0.29) is 0 Å². The van der Waals surface area contributed by atoms with Crippen LogP contribution in [0.4, 0.5) is 0 Å². The average molecular weight is 581 g/mol. The van der Waals surface area contributed by atoms with Crippen molar-refractivity contribution < 1.29 is 0 Å². The molecular formula is C39H24N4S. The van der Waals surface area contributed by atoms with E-state index in [4.69, 9.17) is 15.0 Å². The van der Waals surface area contributed by atoms with Crippen LogP contribution in [0.25, 0.3) is 81.8 Å². The predicted molar refractivity (Wildman–Crippen MR) is 183 cm³/mol. The van der Waals surface area contributed by atoms with E-state index >= 15 is 0 Å². The van der Waals surface area contributed by atoms with Crippen molar-refractivity contribution in [3.05, 3.63) is 146 Å². The van der Waals surface area contributed by atoms with Crippen LogP contribution in [0.3, 0.4) is 0 Å². The minimum absolute atomic E-state index is 0.652. The molecule has 9 aromatic rings. The molecule has 206 valence electrons. The SMILES string of the molecule is c1ccc(-c2nc(-c3ccc(-n4c5ccccc5c5ccccc54)cc3)nc(-c3cccc4sc5ccccc5c34)n2)cc1. The predicted octanol–water partition coefficient (Wildman–Crippen LogP) is 10.3. The van der Waals surface area contributed by atoms with Crippen molar-refractivity contribution in [2.45, 2.75) is 0 Å². The molecule has 0 saturated carbocycles. The van der Waals surface area contributed by atoms with E-state index in [0.29, 0.717) is 17.5 Å². The summed E-state index contributed by atoms with van der Waals surface area (Å²) in [5.41, 5.74) is 6.39. The molecule has 3 aromatic heterocycles. The van der Waals surface area contributed by atoms with Crippen LogP contribution in [-0.4, -0.2) is 19.5 Å². The maximum absolute atomic E-state index is 5.10. The quantitative estimate of drug-likeness (QED) is 0.208. The minimum atomic E-state index is 0.652. The third-order valence-electron chi connectivity index (χ3n) is 8.27. The summed E-state index contributed by atoms with van der Waals surface area (Å²) in [7, 11) is 0. The first-order valence-electron chi connectivity index (χ1n) is 14.6. The molecular weight excluding hydrogens is 557 g/mol. The highest BCUT2D eigenvalue weighted by Gasteiger charge is 2.17. The second-order valence-corrected chi connectivity index (χ2v) is 11.9. The topological polar surface area (TPSA) is 43.6 Å². The lowest BCUT2D eigenvalue weighted by Gasteiger charge is -2.11. The molecule has 0 aliphatic carbocycles. The molecule has 0 fully saturated rings. The van der Waals surface area contributed by atoms with Crippen LogP contribution < -0.4 is 0 Å². The van der Waals surface area contributed by atoms with Gasteiger partial charge in [0.05, 0.1) is 11.0 Å². The summed E-state index contributed by atoms with van der Waals surface area (Å²) in [6.07, 6.45) is 0. The molecule has 0 unspecified atom stereocenters. The highest BCUT2D eigenvalue weighted by molar-refractivity contribution is 7.25. The molecule has 44 heavy (non-hydrogen) atoms. The molecule has 0 radical (unpaired) electrons. The van der Waals surface area contributed by atoms with Crippen LogP contribution >= 0.6 is 11.3 Å². The van der Waals surface area contributed by atoms with Gasteiger partial charge in [-0.3, -0.25) is 0 Å². The smallest absolute Gasteiger partial charge is 0.164 e. The van der Waals surface area contributed by atoms with Crippen molar-refractivity contribution in [2.24, 2.45) is 0 Å². The largest absolute Gasteiger partial charge is 0.309 e. The Hall–Kier alpha value is -5.65. The minimum Gasteiger partial charge on any atom is -0.309 e. The summed E-state index contributed by atoms with van der Waals surface area (Å²) in [5, 5.41) is 4.90. The van der Waals surface area contributed by atoms with Gasteiger partial charge in [0.25, 0.3) is 0 Å². The van der Waals surface area contributed by atoms with E-state index in [1.54, 1.807) is 11.3 Å². The molecule has 0 N–H and O–H groups in total. The van der Waals surface area contributed by atoms with Crippen LogP contribution in [0.1, 0.15) is 0 Å². The summed E-state index contributed by atoms with van der Waals surface area (Å²) in [6, 6.07) is 50.8. The Morgan fingerprint density at radius 3 is 1.66 bits per heavy atom. The number of nitrogens with zero attached hydrogens (tertiary/aromatic N) is 4. The fourth-order valence-corrected chi connectivity index (χ4v) is 7.40. The third kappa shape index (κ3) is 3.94. The maximum atomic E-state index is 5.10. The van der Waals surface area contributed by atoms with Gasteiger partial charge in [-0.1, -0.05) is 97.1 Å². The van der Waals surface area contributed by atoms with Gasteiger partial charge in [0.1, 0.15) is 0 Å². The van der Waals surface area contributed by atoms with Gasteiger partial charge in [0, 0.05) is 53.3 Å². The Morgan fingerprint density at radius 1 is 0.409 bits per heavy atom. The Bertz CT molecular complexity index is 2440. The molecule has 0 saturated heterocycles. The number of benzene rings is 6. The van der Waals surface area contributed by atoms with E-state index in [9.17, 15) is 0 Å². The first kappa shape index (κ1) is 24.9. The maximum Gasteiger partial charge on any atom is 0.164 e. The molecule has 0 aliphatic heterocycles. The summed E-state index contributed by atoms with van der Waals surface area (Å²) < 4.78 is 4.81. The first-order chi connectivity index (χ1) is 21.8. The molecule has 9 rings (SSSR count). The fourth-order valence-electron chi connectivity index (χ4n) is 6.26. The van der Waals surface area contributed by atoms with Crippen LogP contribution in [0.2, 0.25) is 0 Å². The van der Waals surface area contributed by atoms with Crippen LogP contribution in [-0.2, 0) is 0 Å². The molecule has 0 spiro atoms. The number of rotatable bonds is 4. The van der Waals surface area contributed by atoms with Gasteiger partial charge in [-0.2, -0.15) is 0 Å². The van der Waals surface area contributed by atoms with E-state index in [2.05, 4.69) is 132 Å². The third-order valence-corrected chi connectivity index (χ3v) is 9.41. The first-order valence-corrected chi connectivity index (χ1v) is 15.4. The highest BCUT2D eigenvalue weighted by atomic mass is 32.1. The average Bonchev–Trinajstić information content (AvgIpc) is 3.65. The van der Waals surface area contributed by atoms with Crippen molar-refractivity contribution in [1.82, 2.24) is 19.5 Å². The number of para-hydroxylation sites is 2. The molecule has 5 heteroatoms. The van der Waals surface area contributed by atoms with E-state index < -0.39 is 0 Å².